The van der Waals surface area contributed by atoms with Crippen LogP contribution in [0.2, 0.25) is 0 Å². The van der Waals surface area contributed by atoms with Gasteiger partial charge in [0.25, 0.3) is 0 Å². The van der Waals surface area contributed by atoms with Crippen molar-refractivity contribution in [2.24, 2.45) is 11.7 Å². The molecule has 0 heterocycles. The highest BCUT2D eigenvalue weighted by Gasteiger charge is 2.30. The van der Waals surface area contributed by atoms with Crippen molar-refractivity contribution in [2.45, 2.75) is 44.8 Å². The molecule has 1 aromatic rings. The number of carbonyl (C=O) groups excluding carboxylic acids is 2. The number of aromatic hydroxyl groups is 1. The third kappa shape index (κ3) is 7.77. The molecule has 0 aliphatic rings. The predicted molar refractivity (Wildman–Crippen MR) is 109 cm³/mol. The lowest BCUT2D eigenvalue weighted by Crippen LogP contribution is -2.56. The van der Waals surface area contributed by atoms with Crippen LogP contribution in [0.15, 0.2) is 24.3 Å². The Kier molecular flexibility index (Phi) is 9.81. The van der Waals surface area contributed by atoms with Gasteiger partial charge < -0.3 is 26.6 Å². The van der Waals surface area contributed by atoms with Gasteiger partial charge in [-0.1, -0.05) is 26.0 Å². The number of phenols is 1. The number of phenolic OH excluding ortho intramolecular Hbond substituents is 1. The third-order valence-electron chi connectivity index (χ3n) is 4.21. The highest BCUT2D eigenvalue weighted by atomic mass is 32.2. The summed E-state index contributed by atoms with van der Waals surface area (Å²) in [5, 5.41) is 23.9. The summed E-state index contributed by atoms with van der Waals surface area (Å²) < 4.78 is 0. The summed E-state index contributed by atoms with van der Waals surface area (Å²) in [4.78, 5) is 36.5. The van der Waals surface area contributed by atoms with Crippen LogP contribution in [0, 0.1) is 5.92 Å². The van der Waals surface area contributed by atoms with Crippen molar-refractivity contribution >= 4 is 29.5 Å². The standard InChI is InChI=1S/C19H29N3O5S/c1-11(2)16(22-17(24)14(20)8-9-28-3)18(25)21-15(19(26)27)10-12-4-6-13(23)7-5-12/h4-7,11,14-16,23H,8-10,20H2,1-3H3,(H,21,25)(H,22,24)(H,26,27)/t14-,15-,16-/m0/s1. The van der Waals surface area contributed by atoms with Crippen LogP contribution in [0.1, 0.15) is 25.8 Å². The lowest BCUT2D eigenvalue weighted by Gasteiger charge is -2.25. The summed E-state index contributed by atoms with van der Waals surface area (Å²) in [7, 11) is 0. The van der Waals surface area contributed by atoms with Gasteiger partial charge in [0.05, 0.1) is 6.04 Å². The molecule has 2 amide bonds. The normalized spacial score (nSPS) is 14.2. The van der Waals surface area contributed by atoms with Crippen molar-refractivity contribution in [1.29, 1.82) is 0 Å². The Morgan fingerprint density at radius 3 is 2.21 bits per heavy atom. The molecule has 28 heavy (non-hydrogen) atoms. The number of amides is 2. The van der Waals surface area contributed by atoms with E-state index in [0.29, 0.717) is 12.0 Å². The van der Waals surface area contributed by atoms with Crippen molar-refractivity contribution < 1.29 is 24.6 Å². The molecule has 3 atom stereocenters. The fraction of sp³-hybridized carbons (Fsp3) is 0.526. The molecule has 0 aromatic heterocycles. The molecule has 0 aliphatic carbocycles. The molecule has 0 aliphatic heterocycles. The van der Waals surface area contributed by atoms with E-state index in [0.717, 1.165) is 5.75 Å². The molecule has 8 nitrogen and oxygen atoms in total. The van der Waals surface area contributed by atoms with Crippen LogP contribution in [-0.4, -0.2) is 58.1 Å². The second-order valence-corrected chi connectivity index (χ2v) is 7.87. The molecular formula is C19H29N3O5S. The summed E-state index contributed by atoms with van der Waals surface area (Å²) in [5.74, 6) is -1.66. The van der Waals surface area contributed by atoms with Gasteiger partial charge in [-0.05, 0) is 42.0 Å². The topological polar surface area (TPSA) is 142 Å². The SMILES string of the molecule is CSCC[C@H](N)C(=O)N[C@H](C(=O)N[C@@H](Cc1ccc(O)cc1)C(=O)O)C(C)C. The zero-order valence-electron chi connectivity index (χ0n) is 16.3. The number of benzene rings is 1. The lowest BCUT2D eigenvalue weighted by atomic mass is 10.0. The maximum absolute atomic E-state index is 12.6. The van der Waals surface area contributed by atoms with E-state index in [-0.39, 0.29) is 18.1 Å². The number of carboxylic acids is 1. The van der Waals surface area contributed by atoms with E-state index in [9.17, 15) is 24.6 Å². The van der Waals surface area contributed by atoms with Crippen LogP contribution < -0.4 is 16.4 Å². The highest BCUT2D eigenvalue weighted by molar-refractivity contribution is 7.98. The summed E-state index contributed by atoms with van der Waals surface area (Å²) in [5.41, 5.74) is 6.49. The molecular weight excluding hydrogens is 382 g/mol. The van der Waals surface area contributed by atoms with Crippen LogP contribution in [0.5, 0.6) is 5.75 Å². The number of hydrogen-bond acceptors (Lipinski definition) is 6. The first-order valence-electron chi connectivity index (χ1n) is 9.01. The number of thioether (sulfide) groups is 1. The quantitative estimate of drug-likeness (QED) is 0.361. The third-order valence-corrected chi connectivity index (χ3v) is 4.85. The number of aliphatic carboxylic acids is 1. The van der Waals surface area contributed by atoms with Gasteiger partial charge in [-0.3, -0.25) is 9.59 Å². The Morgan fingerprint density at radius 1 is 1.11 bits per heavy atom. The molecule has 0 saturated heterocycles. The largest absolute Gasteiger partial charge is 0.508 e. The van der Waals surface area contributed by atoms with Gasteiger partial charge in [-0.25, -0.2) is 4.79 Å². The number of hydrogen-bond donors (Lipinski definition) is 5. The molecule has 0 fully saturated rings. The zero-order valence-corrected chi connectivity index (χ0v) is 17.2. The number of rotatable bonds is 11. The molecule has 0 radical (unpaired) electrons. The number of nitrogens with two attached hydrogens (primary N) is 1. The molecule has 0 bridgehead atoms. The second kappa shape index (κ2) is 11.6. The molecule has 0 spiro atoms. The summed E-state index contributed by atoms with van der Waals surface area (Å²) >= 11 is 1.57. The van der Waals surface area contributed by atoms with E-state index >= 15 is 0 Å². The number of nitrogens with one attached hydrogen (secondary N) is 2. The molecule has 9 heteroatoms. The molecule has 6 N–H and O–H groups in total. The van der Waals surface area contributed by atoms with Crippen molar-refractivity contribution in [3.05, 3.63) is 29.8 Å². The Morgan fingerprint density at radius 2 is 1.71 bits per heavy atom. The van der Waals surface area contributed by atoms with E-state index < -0.39 is 35.9 Å². The minimum atomic E-state index is -1.19. The Balaban J connectivity index is 2.79. The molecule has 156 valence electrons. The number of carboxylic acid groups (broad SMARTS) is 1. The smallest absolute Gasteiger partial charge is 0.326 e. The fourth-order valence-corrected chi connectivity index (χ4v) is 2.99. The van der Waals surface area contributed by atoms with Crippen molar-refractivity contribution in [3.8, 4) is 5.75 Å². The average molecular weight is 412 g/mol. The second-order valence-electron chi connectivity index (χ2n) is 6.89. The van der Waals surface area contributed by atoms with Crippen LogP contribution in [0.25, 0.3) is 0 Å². The fourth-order valence-electron chi connectivity index (χ4n) is 2.50. The van der Waals surface area contributed by atoms with Gasteiger partial charge in [-0.2, -0.15) is 11.8 Å². The summed E-state index contributed by atoms with van der Waals surface area (Å²) in [6.07, 6.45) is 2.44. The van der Waals surface area contributed by atoms with Crippen molar-refractivity contribution in [2.75, 3.05) is 12.0 Å². The number of carbonyl (C=O) groups is 3. The first kappa shape index (κ1) is 23.8. The van der Waals surface area contributed by atoms with Crippen molar-refractivity contribution in [1.82, 2.24) is 10.6 Å². The van der Waals surface area contributed by atoms with E-state index in [1.807, 2.05) is 6.26 Å². The summed E-state index contributed by atoms with van der Waals surface area (Å²) in [6.45, 7) is 3.52. The van der Waals surface area contributed by atoms with Gasteiger partial charge in [0, 0.05) is 6.42 Å². The van der Waals surface area contributed by atoms with Crippen LogP contribution in [-0.2, 0) is 20.8 Å². The van der Waals surface area contributed by atoms with Crippen LogP contribution in [0.3, 0.4) is 0 Å². The Hall–Kier alpha value is -2.26. The van der Waals surface area contributed by atoms with E-state index in [1.165, 1.54) is 12.1 Å². The van der Waals surface area contributed by atoms with Gasteiger partial charge >= 0.3 is 5.97 Å². The Bertz CT molecular complexity index is 666. The first-order valence-corrected chi connectivity index (χ1v) is 10.4. The Labute approximate surface area is 169 Å². The predicted octanol–water partition coefficient (Wildman–Crippen LogP) is 0.725. The van der Waals surface area contributed by atoms with E-state index in [4.69, 9.17) is 5.73 Å². The lowest BCUT2D eigenvalue weighted by molar-refractivity contribution is -0.142. The van der Waals surface area contributed by atoms with E-state index in [1.54, 1.807) is 37.7 Å². The minimum absolute atomic E-state index is 0.0490. The minimum Gasteiger partial charge on any atom is -0.508 e. The van der Waals surface area contributed by atoms with E-state index in [2.05, 4.69) is 10.6 Å². The van der Waals surface area contributed by atoms with Gasteiger partial charge in [0.2, 0.25) is 11.8 Å². The highest BCUT2D eigenvalue weighted by Crippen LogP contribution is 2.12. The maximum atomic E-state index is 12.6. The molecule has 1 rings (SSSR count). The zero-order chi connectivity index (χ0) is 21.3. The maximum Gasteiger partial charge on any atom is 0.326 e. The molecule has 1 aromatic carbocycles. The molecule has 0 unspecified atom stereocenters. The van der Waals surface area contributed by atoms with Gasteiger partial charge in [0.15, 0.2) is 0 Å². The summed E-state index contributed by atoms with van der Waals surface area (Å²) in [6, 6.07) is 3.28. The van der Waals surface area contributed by atoms with Crippen LogP contribution in [0.4, 0.5) is 0 Å². The monoisotopic (exact) mass is 411 g/mol. The average Bonchev–Trinajstić information content (AvgIpc) is 2.64. The van der Waals surface area contributed by atoms with Crippen molar-refractivity contribution in [3.63, 3.8) is 0 Å². The van der Waals surface area contributed by atoms with Crippen LogP contribution >= 0.6 is 11.8 Å². The van der Waals surface area contributed by atoms with Gasteiger partial charge in [-0.15, -0.1) is 0 Å². The first-order chi connectivity index (χ1) is 13.1. The molecule has 0 saturated carbocycles. The van der Waals surface area contributed by atoms with Gasteiger partial charge in [0.1, 0.15) is 17.8 Å².